The van der Waals surface area contributed by atoms with E-state index in [0.29, 0.717) is 6.04 Å². The van der Waals surface area contributed by atoms with E-state index in [2.05, 4.69) is 55.8 Å². The van der Waals surface area contributed by atoms with Crippen molar-refractivity contribution in [1.82, 2.24) is 24.4 Å². The topological polar surface area (TPSA) is 61.8 Å². The minimum atomic E-state index is 0. The Morgan fingerprint density at radius 2 is 2.11 bits per heavy atom. The highest BCUT2D eigenvalue weighted by atomic mass is 35.5. The Hall–Kier alpha value is -1.41. The standard InChI is InChI=1S/C18H24N6S.2ClH/c1-3-24-16-10-14-13(9-15(16)22-18(24)25)17(21-11-20-14)19-7-6-12-5-4-8-23(12)2;;/h9-12H,3-8H2,1-2H3,(H,22,25)(H,19,20,21);2*1H. The number of anilines is 1. The second-order valence-electron chi connectivity index (χ2n) is 6.78. The lowest BCUT2D eigenvalue weighted by molar-refractivity contribution is 0.301. The molecule has 4 rings (SSSR count). The molecule has 6 nitrogen and oxygen atoms in total. The number of benzene rings is 1. The Morgan fingerprint density at radius 3 is 2.81 bits per heavy atom. The molecule has 0 spiro atoms. The van der Waals surface area contributed by atoms with Crippen LogP contribution in [0.3, 0.4) is 0 Å². The first kappa shape index (κ1) is 21.9. The lowest BCUT2D eigenvalue weighted by atomic mass is 10.1. The van der Waals surface area contributed by atoms with Gasteiger partial charge >= 0.3 is 0 Å². The van der Waals surface area contributed by atoms with Gasteiger partial charge in [-0.05, 0) is 64.1 Å². The van der Waals surface area contributed by atoms with Gasteiger partial charge in [0, 0.05) is 24.5 Å². The van der Waals surface area contributed by atoms with Crippen LogP contribution in [0.15, 0.2) is 18.5 Å². The predicted octanol–water partition coefficient (Wildman–Crippen LogP) is 4.40. The molecule has 2 N–H and O–H groups in total. The molecule has 1 saturated heterocycles. The summed E-state index contributed by atoms with van der Waals surface area (Å²) in [7, 11) is 2.22. The Kier molecular flexibility index (Phi) is 7.45. The number of hydrogen-bond acceptors (Lipinski definition) is 5. The van der Waals surface area contributed by atoms with Gasteiger partial charge in [-0.2, -0.15) is 0 Å². The van der Waals surface area contributed by atoms with Crippen molar-refractivity contribution < 1.29 is 0 Å². The number of fused-ring (bicyclic) bond motifs is 2. The van der Waals surface area contributed by atoms with Gasteiger partial charge in [-0.15, -0.1) is 24.8 Å². The Morgan fingerprint density at radius 1 is 1.30 bits per heavy atom. The van der Waals surface area contributed by atoms with Gasteiger partial charge in [0.15, 0.2) is 4.77 Å². The summed E-state index contributed by atoms with van der Waals surface area (Å²) < 4.78 is 2.84. The summed E-state index contributed by atoms with van der Waals surface area (Å²) in [6.07, 6.45) is 5.38. The van der Waals surface area contributed by atoms with Gasteiger partial charge in [0.05, 0.1) is 16.6 Å². The van der Waals surface area contributed by atoms with Gasteiger partial charge in [-0.3, -0.25) is 0 Å². The minimum absolute atomic E-state index is 0. The molecular weight excluding hydrogens is 403 g/mol. The molecule has 1 fully saturated rings. The molecule has 2 aromatic heterocycles. The van der Waals surface area contributed by atoms with E-state index in [0.717, 1.165) is 52.0 Å². The third-order valence-corrected chi connectivity index (χ3v) is 5.61. The SMILES string of the molecule is CCn1c(=S)[nH]c2cc3c(NCCC4CCCN4C)ncnc3cc21.Cl.Cl. The fourth-order valence-corrected chi connectivity index (χ4v) is 4.20. The van der Waals surface area contributed by atoms with Gasteiger partial charge in [0.2, 0.25) is 0 Å². The van der Waals surface area contributed by atoms with Crippen LogP contribution in [-0.2, 0) is 6.54 Å². The Bertz CT molecular complexity index is 970. The van der Waals surface area contributed by atoms with Crippen LogP contribution in [0.4, 0.5) is 5.82 Å². The third kappa shape index (κ3) is 4.21. The molecule has 1 aliphatic heterocycles. The summed E-state index contributed by atoms with van der Waals surface area (Å²) in [5, 5.41) is 4.55. The summed E-state index contributed by atoms with van der Waals surface area (Å²) in [4.78, 5) is 14.7. The van der Waals surface area contributed by atoms with E-state index in [-0.39, 0.29) is 24.8 Å². The molecule has 3 aromatic rings. The predicted molar refractivity (Wildman–Crippen MR) is 119 cm³/mol. The average Bonchev–Trinajstić information content (AvgIpc) is 3.15. The van der Waals surface area contributed by atoms with Crippen LogP contribution in [0, 0.1) is 4.77 Å². The number of imidazole rings is 1. The quantitative estimate of drug-likeness (QED) is 0.589. The number of hydrogen-bond donors (Lipinski definition) is 2. The molecule has 0 bridgehead atoms. The molecule has 1 unspecified atom stereocenters. The van der Waals surface area contributed by atoms with E-state index in [9.17, 15) is 0 Å². The largest absolute Gasteiger partial charge is 0.369 e. The van der Waals surface area contributed by atoms with E-state index in [1.165, 1.54) is 19.4 Å². The molecule has 0 amide bonds. The average molecular weight is 429 g/mol. The maximum absolute atomic E-state index is 5.42. The number of nitrogens with zero attached hydrogens (tertiary/aromatic N) is 4. The van der Waals surface area contributed by atoms with Gasteiger partial charge in [0.25, 0.3) is 0 Å². The van der Waals surface area contributed by atoms with Crippen LogP contribution < -0.4 is 5.32 Å². The molecule has 1 aliphatic rings. The van der Waals surface area contributed by atoms with Gasteiger partial charge in [0.1, 0.15) is 12.1 Å². The van der Waals surface area contributed by atoms with Crippen molar-refractivity contribution >= 4 is 64.8 Å². The second kappa shape index (κ2) is 9.19. The molecular formula is C18H26Cl2N6S. The minimum Gasteiger partial charge on any atom is -0.369 e. The monoisotopic (exact) mass is 428 g/mol. The third-order valence-electron chi connectivity index (χ3n) is 5.29. The Labute approximate surface area is 176 Å². The molecule has 3 heterocycles. The highest BCUT2D eigenvalue weighted by Crippen LogP contribution is 2.26. The van der Waals surface area contributed by atoms with E-state index < -0.39 is 0 Å². The lowest BCUT2D eigenvalue weighted by Crippen LogP contribution is -2.27. The van der Waals surface area contributed by atoms with Crippen LogP contribution in [0.5, 0.6) is 0 Å². The number of H-pyrrole nitrogens is 1. The van der Waals surface area contributed by atoms with E-state index in [1.807, 2.05) is 0 Å². The van der Waals surface area contributed by atoms with Crippen molar-refractivity contribution in [3.05, 3.63) is 23.2 Å². The summed E-state index contributed by atoms with van der Waals surface area (Å²) in [5.74, 6) is 0.899. The number of likely N-dealkylation sites (tertiary alicyclic amines) is 1. The summed E-state index contributed by atoms with van der Waals surface area (Å²) >= 11 is 5.42. The van der Waals surface area contributed by atoms with E-state index >= 15 is 0 Å². The maximum Gasteiger partial charge on any atom is 0.178 e. The highest BCUT2D eigenvalue weighted by Gasteiger charge is 2.20. The van der Waals surface area contributed by atoms with Gasteiger partial charge < -0.3 is 19.8 Å². The van der Waals surface area contributed by atoms with E-state index in [4.69, 9.17) is 12.2 Å². The number of nitrogens with one attached hydrogen (secondary N) is 2. The second-order valence-corrected chi connectivity index (χ2v) is 7.16. The van der Waals surface area contributed by atoms with Crippen molar-refractivity contribution in [2.75, 3.05) is 25.5 Å². The molecule has 1 aromatic carbocycles. The zero-order chi connectivity index (χ0) is 17.4. The molecule has 148 valence electrons. The molecule has 27 heavy (non-hydrogen) atoms. The zero-order valence-electron chi connectivity index (χ0n) is 15.6. The maximum atomic E-state index is 5.42. The number of aromatic nitrogens is 4. The van der Waals surface area contributed by atoms with E-state index in [1.54, 1.807) is 6.33 Å². The van der Waals surface area contributed by atoms with Crippen LogP contribution in [0.2, 0.25) is 0 Å². The van der Waals surface area contributed by atoms with Crippen LogP contribution in [0.1, 0.15) is 26.2 Å². The first-order valence-electron chi connectivity index (χ1n) is 8.98. The fourth-order valence-electron chi connectivity index (χ4n) is 3.86. The summed E-state index contributed by atoms with van der Waals surface area (Å²) in [6, 6.07) is 4.89. The molecule has 0 saturated carbocycles. The van der Waals surface area contributed by atoms with Crippen molar-refractivity contribution in [1.29, 1.82) is 0 Å². The van der Waals surface area contributed by atoms with Crippen molar-refractivity contribution in [3.63, 3.8) is 0 Å². The van der Waals surface area contributed by atoms with Crippen LogP contribution in [-0.4, -0.2) is 50.6 Å². The number of aromatic amines is 1. The summed E-state index contributed by atoms with van der Waals surface area (Å²) in [6.45, 7) is 5.08. The van der Waals surface area contributed by atoms with Crippen molar-refractivity contribution in [3.8, 4) is 0 Å². The van der Waals surface area contributed by atoms with Crippen LogP contribution >= 0.6 is 37.0 Å². The van der Waals surface area contributed by atoms with Crippen molar-refractivity contribution in [2.45, 2.75) is 38.8 Å². The van der Waals surface area contributed by atoms with Gasteiger partial charge in [-0.1, -0.05) is 0 Å². The first-order valence-corrected chi connectivity index (χ1v) is 9.39. The summed E-state index contributed by atoms with van der Waals surface area (Å²) in [5.41, 5.74) is 3.07. The van der Waals surface area contributed by atoms with Crippen LogP contribution in [0.25, 0.3) is 21.9 Å². The highest BCUT2D eigenvalue weighted by molar-refractivity contribution is 7.71. The molecule has 9 heteroatoms. The molecule has 0 radical (unpaired) electrons. The normalized spacial score (nSPS) is 17.0. The lowest BCUT2D eigenvalue weighted by Gasteiger charge is -2.19. The Balaban J connectivity index is 0.00000131. The number of rotatable bonds is 5. The first-order chi connectivity index (χ1) is 12.2. The zero-order valence-corrected chi connectivity index (χ0v) is 18.0. The molecule has 0 aliphatic carbocycles. The number of aryl methyl sites for hydroxylation is 1. The fraction of sp³-hybridized carbons (Fsp3) is 0.500. The smallest absolute Gasteiger partial charge is 0.178 e. The van der Waals surface area contributed by atoms with Crippen molar-refractivity contribution in [2.24, 2.45) is 0 Å². The van der Waals surface area contributed by atoms with Gasteiger partial charge in [-0.25, -0.2) is 9.97 Å². The molecule has 1 atom stereocenters. The number of halogens is 2.